The summed E-state index contributed by atoms with van der Waals surface area (Å²) in [5, 5.41) is 3.04. The Bertz CT molecular complexity index is 363. The van der Waals surface area contributed by atoms with Crippen LogP contribution in [0.3, 0.4) is 0 Å². The van der Waals surface area contributed by atoms with E-state index in [1.807, 2.05) is 18.2 Å². The van der Waals surface area contributed by atoms with Crippen LogP contribution in [-0.2, 0) is 9.53 Å². The predicted molar refractivity (Wildman–Crippen MR) is 76.2 cm³/mol. The molecular formula is C12H15Br2NO2. The van der Waals surface area contributed by atoms with Gasteiger partial charge in [0.15, 0.2) is 0 Å². The van der Waals surface area contributed by atoms with E-state index in [2.05, 4.69) is 44.1 Å². The van der Waals surface area contributed by atoms with E-state index in [0.717, 1.165) is 27.5 Å². The molecule has 1 aromatic rings. The highest BCUT2D eigenvalue weighted by Crippen LogP contribution is 2.30. The molecule has 0 saturated carbocycles. The second-order valence-electron chi connectivity index (χ2n) is 3.52. The third-order valence-corrected chi connectivity index (χ3v) is 3.45. The van der Waals surface area contributed by atoms with Gasteiger partial charge in [-0.3, -0.25) is 4.79 Å². The molecule has 0 saturated heterocycles. The third-order valence-electron chi connectivity index (χ3n) is 2.13. The number of carbonyl (C=O) groups is 1. The minimum Gasteiger partial charge on any atom is -0.464 e. The topological polar surface area (TPSA) is 38.3 Å². The summed E-state index contributed by atoms with van der Waals surface area (Å²) in [5.74, 6) is -0.235. The Balaban J connectivity index is 2.42. The zero-order chi connectivity index (χ0) is 12.7. The van der Waals surface area contributed by atoms with Crippen LogP contribution >= 0.6 is 31.9 Å². The number of ether oxygens (including phenoxy) is 1. The highest BCUT2D eigenvalue weighted by Gasteiger charge is 2.07. The maximum absolute atomic E-state index is 11.4. The molecule has 0 aliphatic carbocycles. The smallest absolute Gasteiger partial charge is 0.325 e. The molecule has 5 heteroatoms. The molecule has 0 aromatic heterocycles. The first-order chi connectivity index (χ1) is 8.15. The number of hydrogen-bond acceptors (Lipinski definition) is 3. The molecule has 0 aliphatic heterocycles. The Kier molecular flexibility index (Phi) is 6.58. The Morgan fingerprint density at radius 1 is 1.35 bits per heavy atom. The maximum Gasteiger partial charge on any atom is 0.325 e. The van der Waals surface area contributed by atoms with Crippen molar-refractivity contribution in [2.45, 2.75) is 19.8 Å². The molecule has 0 radical (unpaired) electrons. The third kappa shape index (κ3) is 5.08. The lowest BCUT2D eigenvalue weighted by molar-refractivity contribution is -0.141. The second-order valence-corrected chi connectivity index (χ2v) is 5.23. The molecule has 3 nitrogen and oxygen atoms in total. The van der Waals surface area contributed by atoms with Crippen LogP contribution in [0.25, 0.3) is 0 Å². The van der Waals surface area contributed by atoms with Gasteiger partial charge in [-0.1, -0.05) is 19.4 Å². The molecule has 1 rings (SSSR count). The number of halogens is 2. The van der Waals surface area contributed by atoms with Crippen molar-refractivity contribution in [1.29, 1.82) is 0 Å². The number of benzene rings is 1. The van der Waals surface area contributed by atoms with Crippen molar-refractivity contribution in [3.63, 3.8) is 0 Å². The van der Waals surface area contributed by atoms with Crippen molar-refractivity contribution in [2.24, 2.45) is 0 Å². The molecule has 0 unspecified atom stereocenters. The summed E-state index contributed by atoms with van der Waals surface area (Å²) < 4.78 is 6.87. The molecule has 17 heavy (non-hydrogen) atoms. The number of unbranched alkanes of at least 4 members (excludes halogenated alkanes) is 1. The monoisotopic (exact) mass is 363 g/mol. The van der Waals surface area contributed by atoms with Gasteiger partial charge in [-0.05, 0) is 50.4 Å². The molecule has 0 bridgehead atoms. The number of carbonyl (C=O) groups excluding carboxylic acids is 1. The molecule has 0 heterocycles. The van der Waals surface area contributed by atoms with Crippen molar-refractivity contribution in [2.75, 3.05) is 18.5 Å². The van der Waals surface area contributed by atoms with Crippen molar-refractivity contribution in [3.05, 3.63) is 27.1 Å². The Hall–Kier alpha value is -0.550. The van der Waals surface area contributed by atoms with E-state index in [1.165, 1.54) is 0 Å². The van der Waals surface area contributed by atoms with Gasteiger partial charge in [-0.15, -0.1) is 0 Å². The molecule has 1 aromatic carbocycles. The molecule has 94 valence electrons. The van der Waals surface area contributed by atoms with Gasteiger partial charge in [0.25, 0.3) is 0 Å². The minimum absolute atomic E-state index is 0.172. The van der Waals surface area contributed by atoms with Crippen LogP contribution in [0.2, 0.25) is 0 Å². The first-order valence-electron chi connectivity index (χ1n) is 5.48. The summed E-state index contributed by atoms with van der Waals surface area (Å²) in [7, 11) is 0. The van der Waals surface area contributed by atoms with Gasteiger partial charge in [0.05, 0.1) is 12.3 Å². The lowest BCUT2D eigenvalue weighted by Gasteiger charge is -2.10. The van der Waals surface area contributed by atoms with Crippen LogP contribution in [0.5, 0.6) is 0 Å². The lowest BCUT2D eigenvalue weighted by Crippen LogP contribution is -2.17. The number of hydrogen-bond donors (Lipinski definition) is 1. The second kappa shape index (κ2) is 7.71. The molecule has 0 aliphatic rings. The summed E-state index contributed by atoms with van der Waals surface area (Å²) in [5.41, 5.74) is 0.861. The van der Waals surface area contributed by atoms with Crippen LogP contribution in [0, 0.1) is 0 Å². The van der Waals surface area contributed by atoms with E-state index in [1.54, 1.807) is 0 Å². The summed E-state index contributed by atoms with van der Waals surface area (Å²) in [6.07, 6.45) is 1.93. The van der Waals surface area contributed by atoms with Gasteiger partial charge in [-0.25, -0.2) is 0 Å². The van der Waals surface area contributed by atoms with Gasteiger partial charge < -0.3 is 10.1 Å². The van der Waals surface area contributed by atoms with Crippen LogP contribution < -0.4 is 5.32 Å². The molecule has 0 atom stereocenters. The predicted octanol–water partition coefficient (Wildman–Crippen LogP) is 3.97. The quantitative estimate of drug-likeness (QED) is 0.613. The molecule has 1 N–H and O–H groups in total. The zero-order valence-corrected chi connectivity index (χ0v) is 12.8. The maximum atomic E-state index is 11.4. The highest BCUT2D eigenvalue weighted by atomic mass is 79.9. The van der Waals surface area contributed by atoms with Gasteiger partial charge in [0.1, 0.15) is 6.54 Å². The fourth-order valence-corrected chi connectivity index (χ4v) is 2.49. The van der Waals surface area contributed by atoms with E-state index >= 15 is 0 Å². The van der Waals surface area contributed by atoms with Crippen LogP contribution in [0.15, 0.2) is 27.1 Å². The normalized spacial score (nSPS) is 10.1. The number of esters is 1. The van der Waals surface area contributed by atoms with Crippen molar-refractivity contribution < 1.29 is 9.53 Å². The first-order valence-corrected chi connectivity index (χ1v) is 7.07. The molecule has 0 fully saturated rings. The SMILES string of the molecule is CCCCOC(=O)CNc1c(Br)cccc1Br. The van der Waals surface area contributed by atoms with Crippen molar-refractivity contribution in [1.82, 2.24) is 0 Å². The van der Waals surface area contributed by atoms with Crippen LogP contribution in [0.1, 0.15) is 19.8 Å². The number of rotatable bonds is 6. The number of para-hydroxylation sites is 1. The number of anilines is 1. The van der Waals surface area contributed by atoms with E-state index in [-0.39, 0.29) is 12.5 Å². The molecule has 0 spiro atoms. The highest BCUT2D eigenvalue weighted by molar-refractivity contribution is 9.11. The molecular weight excluding hydrogens is 350 g/mol. The largest absolute Gasteiger partial charge is 0.464 e. The number of nitrogens with one attached hydrogen (secondary N) is 1. The zero-order valence-electron chi connectivity index (χ0n) is 9.63. The van der Waals surface area contributed by atoms with Gasteiger partial charge in [0.2, 0.25) is 0 Å². The summed E-state index contributed by atoms with van der Waals surface area (Å²) in [4.78, 5) is 11.4. The van der Waals surface area contributed by atoms with Crippen molar-refractivity contribution >= 4 is 43.5 Å². The standard InChI is InChI=1S/C12H15Br2NO2/c1-2-3-7-17-11(16)8-15-12-9(13)5-4-6-10(12)14/h4-6,15H,2-3,7-8H2,1H3. The summed E-state index contributed by atoms with van der Waals surface area (Å²) in [6, 6.07) is 5.74. The van der Waals surface area contributed by atoms with Gasteiger partial charge in [-0.2, -0.15) is 0 Å². The van der Waals surface area contributed by atoms with Gasteiger partial charge in [0, 0.05) is 8.95 Å². The fraction of sp³-hybridized carbons (Fsp3) is 0.417. The van der Waals surface area contributed by atoms with Crippen LogP contribution in [0.4, 0.5) is 5.69 Å². The van der Waals surface area contributed by atoms with E-state index < -0.39 is 0 Å². The summed E-state index contributed by atoms with van der Waals surface area (Å²) >= 11 is 6.83. The van der Waals surface area contributed by atoms with E-state index in [9.17, 15) is 4.79 Å². The minimum atomic E-state index is -0.235. The lowest BCUT2D eigenvalue weighted by atomic mass is 10.3. The average molecular weight is 365 g/mol. The Labute approximate surface area is 118 Å². The molecule has 0 amide bonds. The van der Waals surface area contributed by atoms with E-state index in [0.29, 0.717) is 6.61 Å². The van der Waals surface area contributed by atoms with E-state index in [4.69, 9.17) is 4.74 Å². The summed E-state index contributed by atoms with van der Waals surface area (Å²) in [6.45, 7) is 2.73. The van der Waals surface area contributed by atoms with Crippen LogP contribution in [-0.4, -0.2) is 19.1 Å². The Morgan fingerprint density at radius 3 is 2.59 bits per heavy atom. The fourth-order valence-electron chi connectivity index (χ4n) is 1.21. The van der Waals surface area contributed by atoms with Crippen molar-refractivity contribution in [3.8, 4) is 0 Å². The Morgan fingerprint density at radius 2 is 2.00 bits per heavy atom. The van der Waals surface area contributed by atoms with Gasteiger partial charge >= 0.3 is 5.97 Å². The average Bonchev–Trinajstić information content (AvgIpc) is 2.29. The first kappa shape index (κ1) is 14.5.